The molecule has 1 unspecified atom stereocenters. The van der Waals surface area contributed by atoms with Crippen LogP contribution in [0.3, 0.4) is 0 Å². The van der Waals surface area contributed by atoms with Crippen molar-refractivity contribution in [1.29, 1.82) is 0 Å². The monoisotopic (exact) mass is 245 g/mol. The molecule has 96 valence electrons. The van der Waals surface area contributed by atoms with Crippen LogP contribution in [-0.4, -0.2) is 11.7 Å². The third-order valence-electron chi connectivity index (χ3n) is 3.28. The molecule has 0 radical (unpaired) electrons. The van der Waals surface area contributed by atoms with Crippen LogP contribution in [0.4, 0.5) is 10.5 Å². The van der Waals surface area contributed by atoms with Crippen LogP contribution < -0.4 is 10.7 Å². The summed E-state index contributed by atoms with van der Waals surface area (Å²) in [6, 6.07) is 9.08. The molecule has 0 heterocycles. The standard InChI is InChI=1S/C14H19N3O/c1-2-11-7-6-10-13(11)16-17-14(18)15-12-8-4-3-5-9-12/h3-5,8-9,11H,2,6-7,10H2,1H3,(H2,15,17,18)/b16-13+. The molecule has 1 aromatic rings. The van der Waals surface area contributed by atoms with Crippen molar-refractivity contribution in [3.63, 3.8) is 0 Å². The molecule has 2 rings (SSSR count). The van der Waals surface area contributed by atoms with Crippen LogP contribution in [0.2, 0.25) is 0 Å². The zero-order valence-electron chi connectivity index (χ0n) is 10.6. The molecule has 2 amide bonds. The molecule has 1 aliphatic carbocycles. The van der Waals surface area contributed by atoms with Gasteiger partial charge in [-0.15, -0.1) is 0 Å². The highest BCUT2D eigenvalue weighted by Gasteiger charge is 2.20. The molecule has 2 N–H and O–H groups in total. The molecule has 1 atom stereocenters. The summed E-state index contributed by atoms with van der Waals surface area (Å²) >= 11 is 0. The van der Waals surface area contributed by atoms with Gasteiger partial charge in [0.1, 0.15) is 0 Å². The number of carbonyl (C=O) groups is 1. The molecule has 4 nitrogen and oxygen atoms in total. The first-order valence-corrected chi connectivity index (χ1v) is 6.48. The summed E-state index contributed by atoms with van der Waals surface area (Å²) in [4.78, 5) is 11.6. The summed E-state index contributed by atoms with van der Waals surface area (Å²) in [5.41, 5.74) is 4.47. The Morgan fingerprint density at radius 1 is 1.39 bits per heavy atom. The van der Waals surface area contributed by atoms with E-state index in [1.165, 1.54) is 12.8 Å². The van der Waals surface area contributed by atoms with Gasteiger partial charge in [0.05, 0.1) is 0 Å². The lowest BCUT2D eigenvalue weighted by Crippen LogP contribution is -2.26. The van der Waals surface area contributed by atoms with E-state index in [-0.39, 0.29) is 6.03 Å². The summed E-state index contributed by atoms with van der Waals surface area (Å²) in [6.45, 7) is 2.16. The lowest BCUT2D eigenvalue weighted by atomic mass is 10.0. The first kappa shape index (κ1) is 12.6. The van der Waals surface area contributed by atoms with Gasteiger partial charge in [-0.25, -0.2) is 10.2 Å². The molecule has 0 spiro atoms. The van der Waals surface area contributed by atoms with Crippen LogP contribution in [0.25, 0.3) is 0 Å². The molecule has 0 bridgehead atoms. The number of benzene rings is 1. The second-order valence-corrected chi connectivity index (χ2v) is 4.53. The highest BCUT2D eigenvalue weighted by Crippen LogP contribution is 2.24. The number of hydrogen-bond donors (Lipinski definition) is 2. The summed E-state index contributed by atoms with van der Waals surface area (Å²) in [7, 11) is 0. The number of urea groups is 1. The predicted molar refractivity (Wildman–Crippen MR) is 73.7 cm³/mol. The highest BCUT2D eigenvalue weighted by atomic mass is 16.2. The molecule has 0 saturated heterocycles. The van der Waals surface area contributed by atoms with E-state index in [9.17, 15) is 4.79 Å². The molecule has 1 aliphatic rings. The van der Waals surface area contributed by atoms with E-state index in [1.807, 2.05) is 30.3 Å². The number of carbonyl (C=O) groups excluding carboxylic acids is 1. The predicted octanol–water partition coefficient (Wildman–Crippen LogP) is 3.37. The van der Waals surface area contributed by atoms with Crippen LogP contribution in [-0.2, 0) is 0 Å². The van der Waals surface area contributed by atoms with Crippen molar-refractivity contribution in [2.75, 3.05) is 5.32 Å². The Balaban J connectivity index is 1.87. The van der Waals surface area contributed by atoms with E-state index in [4.69, 9.17) is 0 Å². The highest BCUT2D eigenvalue weighted by molar-refractivity contribution is 5.92. The maximum atomic E-state index is 11.6. The molecule has 0 aromatic heterocycles. The molecule has 1 saturated carbocycles. The lowest BCUT2D eigenvalue weighted by molar-refractivity contribution is 0.252. The van der Waals surface area contributed by atoms with Gasteiger partial charge in [-0.2, -0.15) is 5.10 Å². The van der Waals surface area contributed by atoms with E-state index in [0.717, 1.165) is 24.2 Å². The third-order valence-corrected chi connectivity index (χ3v) is 3.28. The van der Waals surface area contributed by atoms with Gasteiger partial charge >= 0.3 is 6.03 Å². The van der Waals surface area contributed by atoms with Gasteiger partial charge in [0.25, 0.3) is 0 Å². The van der Waals surface area contributed by atoms with Crippen LogP contribution in [0.5, 0.6) is 0 Å². The SMILES string of the molecule is CCC1CCC/C1=N\NC(=O)Nc1ccccc1. The topological polar surface area (TPSA) is 53.5 Å². The van der Waals surface area contributed by atoms with Crippen molar-refractivity contribution in [3.8, 4) is 0 Å². The quantitative estimate of drug-likeness (QED) is 0.788. The van der Waals surface area contributed by atoms with Crippen molar-refractivity contribution in [2.24, 2.45) is 11.0 Å². The number of nitrogens with zero attached hydrogens (tertiary/aromatic N) is 1. The average Bonchev–Trinajstić information content (AvgIpc) is 2.85. The Morgan fingerprint density at radius 3 is 2.89 bits per heavy atom. The van der Waals surface area contributed by atoms with Gasteiger partial charge < -0.3 is 5.32 Å². The number of anilines is 1. The van der Waals surface area contributed by atoms with Crippen molar-refractivity contribution < 1.29 is 4.79 Å². The van der Waals surface area contributed by atoms with Crippen molar-refractivity contribution in [1.82, 2.24) is 5.43 Å². The fourth-order valence-corrected chi connectivity index (χ4v) is 2.29. The summed E-state index contributed by atoms with van der Waals surface area (Å²) in [5.74, 6) is 0.544. The lowest BCUT2D eigenvalue weighted by Gasteiger charge is -2.08. The van der Waals surface area contributed by atoms with Crippen LogP contribution in [0, 0.1) is 5.92 Å². The fourth-order valence-electron chi connectivity index (χ4n) is 2.29. The zero-order chi connectivity index (χ0) is 12.8. The second-order valence-electron chi connectivity index (χ2n) is 4.53. The number of hydrazone groups is 1. The molecule has 1 aromatic carbocycles. The van der Waals surface area contributed by atoms with Crippen molar-refractivity contribution >= 4 is 17.4 Å². The van der Waals surface area contributed by atoms with Crippen LogP contribution >= 0.6 is 0 Å². The summed E-state index contributed by atoms with van der Waals surface area (Å²) < 4.78 is 0. The molecule has 4 heteroatoms. The number of rotatable bonds is 3. The molecular formula is C14H19N3O. The van der Waals surface area contributed by atoms with Gasteiger partial charge in [0.2, 0.25) is 0 Å². The van der Waals surface area contributed by atoms with E-state index >= 15 is 0 Å². The first-order valence-electron chi connectivity index (χ1n) is 6.48. The van der Waals surface area contributed by atoms with Crippen molar-refractivity contribution in [2.45, 2.75) is 32.6 Å². The summed E-state index contributed by atoms with van der Waals surface area (Å²) in [5, 5.41) is 6.97. The van der Waals surface area contributed by atoms with E-state index in [2.05, 4.69) is 22.8 Å². The molecular weight excluding hydrogens is 226 g/mol. The van der Waals surface area contributed by atoms with Gasteiger partial charge in [0.15, 0.2) is 0 Å². The van der Waals surface area contributed by atoms with Gasteiger partial charge in [-0.05, 0) is 43.7 Å². The van der Waals surface area contributed by atoms with Gasteiger partial charge in [-0.3, -0.25) is 0 Å². The smallest absolute Gasteiger partial charge is 0.307 e. The maximum Gasteiger partial charge on any atom is 0.339 e. The maximum absolute atomic E-state index is 11.6. The summed E-state index contributed by atoms with van der Waals surface area (Å²) in [6.07, 6.45) is 4.47. The number of para-hydroxylation sites is 1. The normalized spacial score (nSPS) is 20.9. The Hall–Kier alpha value is -1.84. The Morgan fingerprint density at radius 2 is 2.17 bits per heavy atom. The zero-order valence-corrected chi connectivity index (χ0v) is 10.6. The van der Waals surface area contributed by atoms with E-state index in [1.54, 1.807) is 0 Å². The van der Waals surface area contributed by atoms with Gasteiger partial charge in [0, 0.05) is 11.4 Å². The number of hydrogen-bond acceptors (Lipinski definition) is 2. The average molecular weight is 245 g/mol. The largest absolute Gasteiger partial charge is 0.339 e. The third kappa shape index (κ3) is 3.32. The number of nitrogens with one attached hydrogen (secondary N) is 2. The van der Waals surface area contributed by atoms with E-state index in [0.29, 0.717) is 5.92 Å². The van der Waals surface area contributed by atoms with Crippen LogP contribution in [0.1, 0.15) is 32.6 Å². The Labute approximate surface area is 107 Å². The minimum absolute atomic E-state index is 0.282. The van der Waals surface area contributed by atoms with Gasteiger partial charge in [-0.1, -0.05) is 25.1 Å². The number of amides is 2. The Kier molecular flexibility index (Phi) is 4.34. The fraction of sp³-hybridized carbons (Fsp3) is 0.429. The van der Waals surface area contributed by atoms with E-state index < -0.39 is 0 Å². The Bertz CT molecular complexity index is 428. The second kappa shape index (κ2) is 6.19. The first-order chi connectivity index (χ1) is 8.79. The molecule has 0 aliphatic heterocycles. The molecule has 18 heavy (non-hydrogen) atoms. The van der Waals surface area contributed by atoms with Crippen LogP contribution in [0.15, 0.2) is 35.4 Å². The minimum Gasteiger partial charge on any atom is -0.307 e. The minimum atomic E-state index is -0.282. The molecule has 1 fully saturated rings. The van der Waals surface area contributed by atoms with Crippen molar-refractivity contribution in [3.05, 3.63) is 30.3 Å².